The molecule has 12 aromatic rings. The summed E-state index contributed by atoms with van der Waals surface area (Å²) in [7, 11) is 0. The van der Waals surface area contributed by atoms with Gasteiger partial charge in [-0.25, -0.2) is 0 Å². The second-order valence-electron chi connectivity index (χ2n) is 25.1. The Kier molecular flexibility index (Phi) is 8.02. The van der Waals surface area contributed by atoms with Crippen LogP contribution in [0.4, 0.5) is 11.4 Å². The van der Waals surface area contributed by atoms with Crippen LogP contribution in [0.2, 0.25) is 0 Å². The van der Waals surface area contributed by atoms with Gasteiger partial charge in [-0.05, 0) is 145 Å². The molecule has 16 rings (SSSR count). The van der Waals surface area contributed by atoms with Crippen molar-refractivity contribution in [1.82, 2.24) is 4.57 Å². The van der Waals surface area contributed by atoms with E-state index in [4.69, 9.17) is 8.83 Å². The first-order valence-electron chi connectivity index (χ1n) is 26.8. The molecule has 0 saturated carbocycles. The van der Waals surface area contributed by atoms with Crippen molar-refractivity contribution in [2.45, 2.75) is 96.8 Å². The Hall–Kier alpha value is -7.76. The van der Waals surface area contributed by atoms with Crippen molar-refractivity contribution >= 4 is 94.8 Å². The molecule has 0 radical (unpaired) electrons. The van der Waals surface area contributed by atoms with Crippen LogP contribution < -0.4 is 15.7 Å². The zero-order chi connectivity index (χ0) is 50.1. The first kappa shape index (κ1) is 42.7. The molecular weight excluding hydrogens is 900 g/mol. The van der Waals surface area contributed by atoms with E-state index >= 15 is 0 Å². The van der Waals surface area contributed by atoms with Crippen molar-refractivity contribution in [2.24, 2.45) is 0 Å². The van der Waals surface area contributed by atoms with Crippen molar-refractivity contribution < 1.29 is 8.83 Å². The Balaban J connectivity index is 1.12. The number of hydrogen-bond acceptors (Lipinski definition) is 3. The highest BCUT2D eigenvalue weighted by atomic mass is 16.3. The molecule has 74 heavy (non-hydrogen) atoms. The lowest BCUT2D eigenvalue weighted by Crippen LogP contribution is -2.60. The van der Waals surface area contributed by atoms with Crippen molar-refractivity contribution in [3.05, 3.63) is 186 Å². The highest BCUT2D eigenvalue weighted by Gasteiger charge is 2.48. The number of fused-ring (bicyclic) bond motifs is 20. The predicted molar refractivity (Wildman–Crippen MR) is 311 cm³/mol. The van der Waals surface area contributed by atoms with Gasteiger partial charge in [-0.15, -0.1) is 0 Å². The average Bonchev–Trinajstić information content (AvgIpc) is 4.26. The zero-order valence-corrected chi connectivity index (χ0v) is 43.7. The second kappa shape index (κ2) is 13.9. The highest BCUT2D eigenvalue weighted by molar-refractivity contribution is 6.94. The third-order valence-corrected chi connectivity index (χ3v) is 18.5. The van der Waals surface area contributed by atoms with Gasteiger partial charge in [0.15, 0.2) is 0 Å². The molecule has 0 unspecified atom stereocenters. The molecule has 0 saturated heterocycles. The highest BCUT2D eigenvalue weighted by Crippen LogP contribution is 2.56. The lowest BCUT2D eigenvalue weighted by Gasteiger charge is -2.42. The minimum atomic E-state index is -0.241. The molecule has 0 atom stereocenters. The Morgan fingerprint density at radius 1 is 0.500 bits per heavy atom. The van der Waals surface area contributed by atoms with Crippen LogP contribution in [0.1, 0.15) is 103 Å². The van der Waals surface area contributed by atoms with Crippen LogP contribution in [0.5, 0.6) is 0 Å². The van der Waals surface area contributed by atoms with E-state index in [-0.39, 0.29) is 28.5 Å². The maximum absolute atomic E-state index is 7.45. The maximum Gasteiger partial charge on any atom is 0.333 e. The average molecular weight is 957 g/mol. The minimum Gasteiger partial charge on any atom is -0.456 e. The van der Waals surface area contributed by atoms with Crippen molar-refractivity contribution in [3.63, 3.8) is 0 Å². The molecular formula is C69H57BN2O2. The summed E-state index contributed by atoms with van der Waals surface area (Å²) in [5.74, 6) is 0. The van der Waals surface area contributed by atoms with E-state index in [0.717, 1.165) is 62.9 Å². The second-order valence-corrected chi connectivity index (χ2v) is 25.1. The predicted octanol–water partition coefficient (Wildman–Crippen LogP) is 17.4. The summed E-state index contributed by atoms with van der Waals surface area (Å²) in [5.41, 5.74) is 26.3. The number of hydrogen-bond donors (Lipinski definition) is 0. The van der Waals surface area contributed by atoms with Gasteiger partial charge >= 0.3 is 6.85 Å². The van der Waals surface area contributed by atoms with Gasteiger partial charge in [0.25, 0.3) is 0 Å². The number of benzene rings is 9. The van der Waals surface area contributed by atoms with E-state index in [1.54, 1.807) is 0 Å². The smallest absolute Gasteiger partial charge is 0.333 e. The molecule has 0 N–H and O–H groups in total. The van der Waals surface area contributed by atoms with E-state index in [1.165, 1.54) is 105 Å². The molecule has 0 spiro atoms. The van der Waals surface area contributed by atoms with Gasteiger partial charge < -0.3 is 18.2 Å². The van der Waals surface area contributed by atoms with E-state index in [9.17, 15) is 0 Å². The molecule has 3 aromatic heterocycles. The van der Waals surface area contributed by atoms with Gasteiger partial charge in [-0.3, -0.25) is 0 Å². The van der Waals surface area contributed by atoms with Gasteiger partial charge in [0.05, 0.1) is 11.0 Å². The van der Waals surface area contributed by atoms with E-state index in [1.807, 2.05) is 0 Å². The number of aromatic nitrogens is 1. The van der Waals surface area contributed by atoms with Crippen molar-refractivity contribution in [3.8, 4) is 39.1 Å². The molecule has 0 amide bonds. The van der Waals surface area contributed by atoms with Crippen LogP contribution in [-0.2, 0) is 21.7 Å². The van der Waals surface area contributed by atoms with Gasteiger partial charge in [0, 0.05) is 72.0 Å². The molecule has 2 aliphatic heterocycles. The van der Waals surface area contributed by atoms with Crippen molar-refractivity contribution in [2.75, 3.05) is 4.81 Å². The fraction of sp³-hybridized carbons (Fsp3) is 0.217. The fourth-order valence-corrected chi connectivity index (χ4v) is 14.5. The fourth-order valence-electron chi connectivity index (χ4n) is 14.5. The van der Waals surface area contributed by atoms with Crippen LogP contribution in [0, 0.1) is 0 Å². The van der Waals surface area contributed by atoms with Crippen molar-refractivity contribution in [1.29, 1.82) is 0 Å². The lowest BCUT2D eigenvalue weighted by molar-refractivity contribution is 0.332. The third kappa shape index (κ3) is 5.40. The summed E-state index contributed by atoms with van der Waals surface area (Å²) in [5, 5.41) is 7.16. The van der Waals surface area contributed by atoms with Gasteiger partial charge in [-0.2, -0.15) is 0 Å². The molecule has 0 fully saturated rings. The topological polar surface area (TPSA) is 34.5 Å². The third-order valence-electron chi connectivity index (χ3n) is 18.5. The summed E-state index contributed by atoms with van der Waals surface area (Å²) >= 11 is 0. The number of nitrogens with zero attached hydrogens (tertiary/aromatic N) is 2. The molecule has 4 aliphatic rings. The summed E-state index contributed by atoms with van der Waals surface area (Å²) in [6.45, 7) is 21.2. The Bertz CT molecular complexity index is 4510. The van der Waals surface area contributed by atoms with Crippen LogP contribution in [-0.4, -0.2) is 11.4 Å². The molecule has 0 bridgehead atoms. The minimum absolute atomic E-state index is 0.0455. The first-order chi connectivity index (χ1) is 35.6. The first-order valence-corrected chi connectivity index (χ1v) is 26.8. The monoisotopic (exact) mass is 956 g/mol. The number of rotatable bonds is 2. The maximum atomic E-state index is 7.45. The molecule has 9 aromatic carbocycles. The molecule has 4 nitrogen and oxygen atoms in total. The van der Waals surface area contributed by atoms with Crippen LogP contribution >= 0.6 is 0 Å². The normalized spacial score (nSPS) is 16.6. The molecule has 5 heteroatoms. The van der Waals surface area contributed by atoms with Crippen LogP contribution in [0.25, 0.3) is 105 Å². The molecule has 358 valence electrons. The van der Waals surface area contributed by atoms with E-state index in [2.05, 4.69) is 229 Å². The zero-order valence-electron chi connectivity index (χ0n) is 43.7. The van der Waals surface area contributed by atoms with Crippen LogP contribution in [0.3, 0.4) is 0 Å². The Morgan fingerprint density at radius 2 is 1.22 bits per heavy atom. The summed E-state index contributed by atoms with van der Waals surface area (Å²) < 4.78 is 17.3. The quantitative estimate of drug-likeness (QED) is 0.162. The summed E-state index contributed by atoms with van der Waals surface area (Å²) in [4.78, 5) is 2.67. The van der Waals surface area contributed by atoms with Gasteiger partial charge in [0.1, 0.15) is 22.3 Å². The van der Waals surface area contributed by atoms with Gasteiger partial charge in [0.2, 0.25) is 0 Å². The Labute approximate surface area is 432 Å². The number of para-hydroxylation sites is 1. The largest absolute Gasteiger partial charge is 0.456 e. The lowest BCUT2D eigenvalue weighted by atomic mass is 9.43. The number of anilines is 2. The van der Waals surface area contributed by atoms with E-state index < -0.39 is 0 Å². The summed E-state index contributed by atoms with van der Waals surface area (Å²) in [6, 6.07) is 60.1. The molecule has 5 heterocycles. The number of furan rings is 2. The van der Waals surface area contributed by atoms with E-state index in [0.29, 0.717) is 0 Å². The summed E-state index contributed by atoms with van der Waals surface area (Å²) in [6.07, 6.45) is 2.29. The standard InChI is InChI=1S/C69H57BN2O2/c1-66(2,3)40-26-27-54-47(31-40)60-61-43-23-14-16-25-57(43)74-65(61)62-48-32-45-46-33-51-52(68(6,7)29-28-67(51,4)5)36-58(46)73-59(45)37-55(48)72(41-21-17-20-39(30-41)38-18-11-10-12-19-38)70-53-34-44-42-22-13-15-24-49(42)69(8,9)50(44)35-56(53)71(54)64(60)63(62)70/h10-27,30-37H,28-29H2,1-9H3. The van der Waals surface area contributed by atoms with Crippen LogP contribution in [0.15, 0.2) is 167 Å². The SMILES string of the molecule is CC(C)(C)c1ccc2c(c1)c1c3c(oc4ccccc43)c3c4c1n2-c1cc2c(cc1B4N(c1cccc(-c4ccccc4)c1)c1cc4oc5cc6c(cc5c4cc1-3)C(C)(C)CCC6(C)C)-c1ccccc1C2(C)C. The van der Waals surface area contributed by atoms with Gasteiger partial charge in [-0.1, -0.05) is 159 Å². The Morgan fingerprint density at radius 3 is 2.03 bits per heavy atom. The molecule has 2 aliphatic carbocycles.